The Morgan fingerprint density at radius 2 is 0.651 bits per heavy atom. The molecule has 0 radical (unpaired) electrons. The summed E-state index contributed by atoms with van der Waals surface area (Å²) in [7, 11) is 0. The smallest absolute Gasteiger partial charge is 0.249 e. The van der Waals surface area contributed by atoms with Gasteiger partial charge in [0.25, 0.3) is 0 Å². The first-order chi connectivity index (χ1) is 31.1. The average Bonchev–Trinajstić information content (AvgIpc) is 3.29. The summed E-state index contributed by atoms with van der Waals surface area (Å²) in [5, 5.41) is 33.3. The Labute approximate surface area is 393 Å². The van der Waals surface area contributed by atoms with Crippen LogP contribution >= 0.6 is 0 Å². The zero-order chi connectivity index (χ0) is 45.8. The largest absolute Gasteiger partial charge is 0.394 e. The first kappa shape index (κ1) is 61.3. The molecule has 0 aliphatic rings. The Balaban J connectivity index is 3.61. The highest BCUT2D eigenvalue weighted by Gasteiger charge is 2.22. The lowest BCUT2D eigenvalue weighted by Crippen LogP contribution is -2.48. The molecule has 0 fully saturated rings. The minimum Gasteiger partial charge on any atom is -0.394 e. The van der Waals surface area contributed by atoms with Crippen LogP contribution in [0.15, 0.2) is 48.6 Å². The second-order valence-corrected chi connectivity index (χ2v) is 19.1. The number of amides is 1. The van der Waals surface area contributed by atoms with Crippen molar-refractivity contribution in [3.05, 3.63) is 48.6 Å². The van der Waals surface area contributed by atoms with Gasteiger partial charge in [0.1, 0.15) is 6.10 Å². The van der Waals surface area contributed by atoms with Crippen LogP contribution in [0, 0.1) is 0 Å². The number of hydrogen-bond donors (Lipinski definition) is 4. The van der Waals surface area contributed by atoms with E-state index in [9.17, 15) is 20.1 Å². The van der Waals surface area contributed by atoms with Crippen molar-refractivity contribution >= 4 is 5.91 Å². The van der Waals surface area contributed by atoms with Crippen LogP contribution in [0.1, 0.15) is 290 Å². The van der Waals surface area contributed by atoms with Crippen LogP contribution in [0.25, 0.3) is 0 Å². The molecule has 370 valence electrons. The van der Waals surface area contributed by atoms with Crippen LogP contribution < -0.4 is 5.32 Å². The molecule has 0 bridgehead atoms. The monoisotopic (exact) mass is 884 g/mol. The minimum absolute atomic E-state index is 0.381. The Hall–Kier alpha value is -1.69. The molecule has 5 nitrogen and oxygen atoms in total. The van der Waals surface area contributed by atoms with Crippen molar-refractivity contribution in [2.45, 2.75) is 308 Å². The third-order valence-corrected chi connectivity index (χ3v) is 12.9. The van der Waals surface area contributed by atoms with Crippen LogP contribution in [-0.4, -0.2) is 46.1 Å². The van der Waals surface area contributed by atoms with Gasteiger partial charge in [0, 0.05) is 0 Å². The van der Waals surface area contributed by atoms with Gasteiger partial charge in [0.05, 0.1) is 18.8 Å². The first-order valence-electron chi connectivity index (χ1n) is 28.0. The molecule has 0 aromatic rings. The summed E-state index contributed by atoms with van der Waals surface area (Å²) in [6, 6.07) is -0.822. The molecule has 0 saturated heterocycles. The highest BCUT2D eigenvalue weighted by molar-refractivity contribution is 5.80. The van der Waals surface area contributed by atoms with E-state index in [1.54, 1.807) is 6.08 Å². The van der Waals surface area contributed by atoms with Gasteiger partial charge in [-0.1, -0.05) is 268 Å². The fourth-order valence-corrected chi connectivity index (χ4v) is 8.51. The molecule has 0 aromatic heterocycles. The Morgan fingerprint density at radius 1 is 0.381 bits per heavy atom. The average molecular weight is 885 g/mol. The lowest BCUT2D eigenvalue weighted by molar-refractivity contribution is -0.131. The maximum Gasteiger partial charge on any atom is 0.249 e. The summed E-state index contributed by atoms with van der Waals surface area (Å²) < 4.78 is 0. The number of carbonyl (C=O) groups is 1. The number of hydrogen-bond acceptors (Lipinski definition) is 4. The van der Waals surface area contributed by atoms with E-state index in [1.807, 2.05) is 6.08 Å². The Morgan fingerprint density at radius 3 is 0.968 bits per heavy atom. The van der Waals surface area contributed by atoms with Gasteiger partial charge < -0.3 is 20.6 Å². The Kier molecular flexibility index (Phi) is 51.5. The van der Waals surface area contributed by atoms with E-state index in [2.05, 4.69) is 55.6 Å². The molecular formula is C58H109NO4. The Bertz CT molecular complexity index is 1020. The SMILES string of the molecule is CCCCCCCCCCCC/C=C/CC/C=C/CC/C=C/C(O)C(CO)NC(=O)C(O)CCCCCCCCCCCCCCC/C=C\CCCCCCCCCCCCCC. The van der Waals surface area contributed by atoms with Crippen molar-refractivity contribution in [3.63, 3.8) is 0 Å². The molecule has 63 heavy (non-hydrogen) atoms. The van der Waals surface area contributed by atoms with Crippen molar-refractivity contribution in [1.29, 1.82) is 0 Å². The third-order valence-electron chi connectivity index (χ3n) is 12.9. The molecule has 3 unspecified atom stereocenters. The molecule has 0 aliphatic carbocycles. The molecule has 1 amide bonds. The van der Waals surface area contributed by atoms with Crippen molar-refractivity contribution in [3.8, 4) is 0 Å². The summed E-state index contributed by atoms with van der Waals surface area (Å²) in [4.78, 5) is 12.5. The van der Waals surface area contributed by atoms with Crippen LogP contribution in [0.3, 0.4) is 0 Å². The molecular weight excluding hydrogens is 775 g/mol. The number of allylic oxidation sites excluding steroid dienone is 7. The molecule has 5 heteroatoms. The summed E-state index contributed by atoms with van der Waals surface area (Å²) in [5.74, 6) is -0.515. The minimum atomic E-state index is -1.11. The standard InChI is InChI=1S/C58H109NO4/c1-3-5-7-9-11-13-15-17-19-21-23-25-26-27-28-29-30-31-32-33-35-37-39-41-43-45-47-49-51-53-57(62)58(63)59-55(54-60)56(61)52-50-48-46-44-42-40-38-36-34-24-22-20-18-16-14-12-10-8-6-4-2/h27-28,34,36,42,44,50,52,55-57,60-62H,3-26,29-33,35,37-41,43,45-49,51,53-54H2,1-2H3,(H,59,63)/b28-27-,36-34+,44-42+,52-50+. The van der Waals surface area contributed by atoms with Crippen molar-refractivity contribution in [1.82, 2.24) is 5.32 Å². The summed E-state index contributed by atoms with van der Waals surface area (Å²) in [6.07, 6.45) is 70.5. The fraction of sp³-hybridized carbons (Fsp3) is 0.845. The summed E-state index contributed by atoms with van der Waals surface area (Å²) in [5.41, 5.74) is 0. The van der Waals surface area contributed by atoms with Gasteiger partial charge in [-0.15, -0.1) is 0 Å². The van der Waals surface area contributed by atoms with Crippen LogP contribution in [0.4, 0.5) is 0 Å². The quantitative estimate of drug-likeness (QED) is 0.0362. The van der Waals surface area contributed by atoms with Crippen molar-refractivity contribution in [2.75, 3.05) is 6.61 Å². The molecule has 0 saturated carbocycles. The van der Waals surface area contributed by atoms with E-state index in [1.165, 1.54) is 225 Å². The number of aliphatic hydroxyl groups excluding tert-OH is 3. The van der Waals surface area contributed by atoms with Gasteiger partial charge in [0.15, 0.2) is 0 Å². The van der Waals surface area contributed by atoms with Crippen LogP contribution in [0.2, 0.25) is 0 Å². The molecule has 0 spiro atoms. The number of nitrogens with one attached hydrogen (secondary N) is 1. The van der Waals surface area contributed by atoms with E-state index in [0.717, 1.165) is 44.9 Å². The molecule has 0 aromatic carbocycles. The van der Waals surface area contributed by atoms with Gasteiger partial charge in [-0.2, -0.15) is 0 Å². The zero-order valence-corrected chi connectivity index (χ0v) is 42.2. The first-order valence-corrected chi connectivity index (χ1v) is 28.0. The second-order valence-electron chi connectivity index (χ2n) is 19.1. The van der Waals surface area contributed by atoms with E-state index >= 15 is 0 Å². The second kappa shape index (κ2) is 52.9. The molecule has 0 aliphatic heterocycles. The lowest BCUT2D eigenvalue weighted by atomic mass is 10.0. The number of rotatable bonds is 51. The highest BCUT2D eigenvalue weighted by atomic mass is 16.3. The number of carbonyl (C=O) groups excluding carboxylic acids is 1. The van der Waals surface area contributed by atoms with E-state index in [0.29, 0.717) is 6.42 Å². The predicted octanol–water partition coefficient (Wildman–Crippen LogP) is 17.2. The summed E-state index contributed by atoms with van der Waals surface area (Å²) >= 11 is 0. The van der Waals surface area contributed by atoms with E-state index in [4.69, 9.17) is 0 Å². The third kappa shape index (κ3) is 48.1. The molecule has 4 N–H and O–H groups in total. The number of aliphatic hydroxyl groups is 3. The highest BCUT2D eigenvalue weighted by Crippen LogP contribution is 2.16. The van der Waals surface area contributed by atoms with E-state index < -0.39 is 24.2 Å². The molecule has 3 atom stereocenters. The maximum absolute atomic E-state index is 12.5. The van der Waals surface area contributed by atoms with Gasteiger partial charge in [-0.05, 0) is 70.6 Å². The lowest BCUT2D eigenvalue weighted by Gasteiger charge is -2.21. The zero-order valence-electron chi connectivity index (χ0n) is 42.2. The van der Waals surface area contributed by atoms with Crippen LogP contribution in [0.5, 0.6) is 0 Å². The fourth-order valence-electron chi connectivity index (χ4n) is 8.51. The number of unbranched alkanes of at least 4 members (excludes halogenated alkanes) is 37. The van der Waals surface area contributed by atoms with Gasteiger partial charge >= 0.3 is 0 Å². The van der Waals surface area contributed by atoms with Gasteiger partial charge in [-0.25, -0.2) is 0 Å². The van der Waals surface area contributed by atoms with E-state index in [-0.39, 0.29) is 6.61 Å². The van der Waals surface area contributed by atoms with Crippen LogP contribution in [-0.2, 0) is 4.79 Å². The van der Waals surface area contributed by atoms with Gasteiger partial charge in [-0.3, -0.25) is 4.79 Å². The van der Waals surface area contributed by atoms with Crippen molar-refractivity contribution < 1.29 is 20.1 Å². The summed E-state index contributed by atoms with van der Waals surface area (Å²) in [6.45, 7) is 4.19. The molecule has 0 heterocycles. The van der Waals surface area contributed by atoms with Gasteiger partial charge in [0.2, 0.25) is 5.91 Å². The predicted molar refractivity (Wildman–Crippen MR) is 277 cm³/mol. The maximum atomic E-state index is 12.5. The normalized spacial score (nSPS) is 13.7. The van der Waals surface area contributed by atoms with Crippen molar-refractivity contribution in [2.24, 2.45) is 0 Å². The topological polar surface area (TPSA) is 89.8 Å². The molecule has 0 rings (SSSR count).